The zero-order chi connectivity index (χ0) is 10.0. The quantitative estimate of drug-likeness (QED) is 0.520. The largest absolute Gasteiger partial charge is 0.480 e. The van der Waals surface area contributed by atoms with Gasteiger partial charge in [0.15, 0.2) is 0 Å². The molecule has 0 saturated carbocycles. The van der Waals surface area contributed by atoms with Crippen LogP contribution in [0, 0.1) is 0 Å². The van der Waals surface area contributed by atoms with Crippen LogP contribution in [-0.2, 0) is 4.79 Å². The normalized spacial score (nSPS) is 28.5. The van der Waals surface area contributed by atoms with Gasteiger partial charge in [0, 0.05) is 13.0 Å². The Morgan fingerprint density at radius 2 is 1.92 bits per heavy atom. The minimum Gasteiger partial charge on any atom is -0.480 e. The number of nitrogens with zero attached hydrogens (tertiary/aromatic N) is 1. The van der Waals surface area contributed by atoms with Gasteiger partial charge in [0.25, 0.3) is 0 Å². The summed E-state index contributed by atoms with van der Waals surface area (Å²) in [6, 6.07) is -1.11. The van der Waals surface area contributed by atoms with Gasteiger partial charge in [0.1, 0.15) is 6.04 Å². The van der Waals surface area contributed by atoms with Crippen molar-refractivity contribution in [1.82, 2.24) is 4.90 Å². The fourth-order valence-corrected chi connectivity index (χ4v) is 1.41. The van der Waals surface area contributed by atoms with Crippen LogP contribution >= 0.6 is 0 Å². The highest BCUT2D eigenvalue weighted by Gasteiger charge is 2.35. The molecule has 0 aromatic rings. The maximum absolute atomic E-state index is 10.6. The summed E-state index contributed by atoms with van der Waals surface area (Å²) in [4.78, 5) is 22.0. The Bertz CT molecular complexity index is 229. The van der Waals surface area contributed by atoms with Crippen molar-refractivity contribution in [1.29, 1.82) is 0 Å². The van der Waals surface area contributed by atoms with Crippen molar-refractivity contribution < 1.29 is 24.9 Å². The molecule has 6 nitrogen and oxygen atoms in total. The Morgan fingerprint density at radius 3 is 2.38 bits per heavy atom. The lowest BCUT2D eigenvalue weighted by Crippen LogP contribution is -2.50. The molecule has 1 saturated heterocycles. The number of carboxylic acids is 1. The molecular weight excluding hydrogens is 178 g/mol. The van der Waals surface area contributed by atoms with Crippen LogP contribution in [0.2, 0.25) is 0 Å². The second-order valence-electron chi connectivity index (χ2n) is 3.01. The summed E-state index contributed by atoms with van der Waals surface area (Å²) in [7, 11) is 0. The van der Waals surface area contributed by atoms with Crippen LogP contribution in [0.25, 0.3) is 0 Å². The molecule has 0 bridgehead atoms. The lowest BCUT2D eigenvalue weighted by Gasteiger charge is -2.32. The SMILES string of the molecule is O=C(O)C1CC(O)CCN1C(=O)O. The Kier molecular flexibility index (Phi) is 2.72. The first-order valence-corrected chi connectivity index (χ1v) is 3.93. The van der Waals surface area contributed by atoms with Gasteiger partial charge >= 0.3 is 12.1 Å². The van der Waals surface area contributed by atoms with Gasteiger partial charge in [-0.2, -0.15) is 0 Å². The van der Waals surface area contributed by atoms with Gasteiger partial charge in [0.2, 0.25) is 0 Å². The van der Waals surface area contributed by atoms with E-state index in [2.05, 4.69) is 0 Å². The third-order valence-electron chi connectivity index (χ3n) is 2.11. The van der Waals surface area contributed by atoms with Gasteiger partial charge in [-0.05, 0) is 6.42 Å². The van der Waals surface area contributed by atoms with Crippen molar-refractivity contribution >= 4 is 12.1 Å². The average molecular weight is 189 g/mol. The number of rotatable bonds is 1. The van der Waals surface area contributed by atoms with Gasteiger partial charge in [0.05, 0.1) is 6.10 Å². The zero-order valence-corrected chi connectivity index (χ0v) is 6.88. The number of likely N-dealkylation sites (tertiary alicyclic amines) is 1. The molecule has 1 heterocycles. The van der Waals surface area contributed by atoms with Crippen molar-refractivity contribution in [3.05, 3.63) is 0 Å². The molecule has 1 aliphatic rings. The minimum atomic E-state index is -1.25. The van der Waals surface area contributed by atoms with Crippen LogP contribution in [0.3, 0.4) is 0 Å². The number of aliphatic hydroxyl groups excluding tert-OH is 1. The monoisotopic (exact) mass is 189 g/mol. The molecule has 13 heavy (non-hydrogen) atoms. The van der Waals surface area contributed by atoms with Crippen LogP contribution in [0.1, 0.15) is 12.8 Å². The van der Waals surface area contributed by atoms with Gasteiger partial charge in [-0.1, -0.05) is 0 Å². The molecule has 0 radical (unpaired) electrons. The molecule has 74 valence electrons. The van der Waals surface area contributed by atoms with E-state index >= 15 is 0 Å². The summed E-state index contributed by atoms with van der Waals surface area (Å²) in [5.74, 6) is -1.21. The first-order valence-electron chi connectivity index (χ1n) is 3.93. The third-order valence-corrected chi connectivity index (χ3v) is 2.11. The minimum absolute atomic E-state index is 0.0262. The Labute approximate surface area is 74.4 Å². The third kappa shape index (κ3) is 2.09. The van der Waals surface area contributed by atoms with Crippen molar-refractivity contribution in [2.45, 2.75) is 25.0 Å². The molecule has 0 spiro atoms. The smallest absolute Gasteiger partial charge is 0.408 e. The molecule has 1 rings (SSSR count). The highest BCUT2D eigenvalue weighted by molar-refractivity contribution is 5.79. The van der Waals surface area contributed by atoms with Crippen LogP contribution in [0.5, 0.6) is 0 Å². The molecule has 0 aliphatic carbocycles. The molecule has 2 unspecified atom stereocenters. The van der Waals surface area contributed by atoms with Gasteiger partial charge in [-0.3, -0.25) is 4.90 Å². The molecular formula is C7H11NO5. The van der Waals surface area contributed by atoms with E-state index in [0.29, 0.717) is 6.42 Å². The van der Waals surface area contributed by atoms with Crippen molar-refractivity contribution in [2.75, 3.05) is 6.54 Å². The lowest BCUT2D eigenvalue weighted by molar-refractivity contribution is -0.145. The first kappa shape index (κ1) is 9.79. The topological polar surface area (TPSA) is 98.1 Å². The zero-order valence-electron chi connectivity index (χ0n) is 6.88. The van der Waals surface area contributed by atoms with E-state index in [1.165, 1.54) is 0 Å². The molecule has 3 N–H and O–H groups in total. The molecule has 0 aromatic carbocycles. The van der Waals surface area contributed by atoms with Crippen LogP contribution in [0.4, 0.5) is 4.79 Å². The maximum atomic E-state index is 10.6. The van der Waals surface area contributed by atoms with E-state index in [-0.39, 0.29) is 13.0 Å². The number of aliphatic hydroxyl groups is 1. The Balaban J connectivity index is 2.72. The molecule has 2 atom stereocenters. The van der Waals surface area contributed by atoms with E-state index in [9.17, 15) is 9.59 Å². The first-order chi connectivity index (χ1) is 6.02. The van der Waals surface area contributed by atoms with Crippen LogP contribution in [-0.4, -0.2) is 51.0 Å². The Morgan fingerprint density at radius 1 is 1.31 bits per heavy atom. The summed E-state index contributed by atoms with van der Waals surface area (Å²) in [6.07, 6.45) is -1.69. The molecule has 1 fully saturated rings. The summed E-state index contributed by atoms with van der Waals surface area (Å²) in [6.45, 7) is 0.0769. The lowest BCUT2D eigenvalue weighted by atomic mass is 10.0. The number of hydrogen-bond acceptors (Lipinski definition) is 3. The number of carboxylic acid groups (broad SMARTS) is 2. The van der Waals surface area contributed by atoms with E-state index in [1.54, 1.807) is 0 Å². The van der Waals surface area contributed by atoms with Crippen molar-refractivity contribution in [3.8, 4) is 0 Å². The van der Waals surface area contributed by atoms with E-state index in [4.69, 9.17) is 15.3 Å². The van der Waals surface area contributed by atoms with Crippen molar-refractivity contribution in [2.24, 2.45) is 0 Å². The van der Waals surface area contributed by atoms with Gasteiger partial charge in [-0.15, -0.1) is 0 Å². The summed E-state index contributed by atoms with van der Waals surface area (Å²) in [5, 5.41) is 26.4. The molecule has 6 heteroatoms. The number of carbonyl (C=O) groups is 2. The predicted molar refractivity (Wildman–Crippen MR) is 41.4 cm³/mol. The number of aliphatic carboxylic acids is 1. The molecule has 1 amide bonds. The summed E-state index contributed by atoms with van der Waals surface area (Å²) in [5.41, 5.74) is 0. The average Bonchev–Trinajstić information content (AvgIpc) is 2.03. The van der Waals surface area contributed by atoms with Gasteiger partial charge in [-0.25, -0.2) is 9.59 Å². The number of piperidine rings is 1. The highest BCUT2D eigenvalue weighted by Crippen LogP contribution is 2.17. The highest BCUT2D eigenvalue weighted by atomic mass is 16.4. The van der Waals surface area contributed by atoms with E-state index in [0.717, 1.165) is 4.90 Å². The Hall–Kier alpha value is -1.30. The predicted octanol–water partition coefficient (Wildman–Crippen LogP) is -0.426. The fraction of sp³-hybridized carbons (Fsp3) is 0.714. The maximum Gasteiger partial charge on any atom is 0.408 e. The van der Waals surface area contributed by atoms with Gasteiger partial charge < -0.3 is 15.3 Å². The number of amides is 1. The molecule has 0 aromatic heterocycles. The number of hydrogen-bond donors (Lipinski definition) is 3. The van der Waals surface area contributed by atoms with Crippen molar-refractivity contribution in [3.63, 3.8) is 0 Å². The summed E-state index contributed by atoms with van der Waals surface area (Å²) >= 11 is 0. The molecule has 1 aliphatic heterocycles. The standard InChI is InChI=1S/C7H11NO5/c9-4-1-2-8(7(12)13)5(3-4)6(10)11/h4-5,9H,1-3H2,(H,10,11)(H,12,13). The summed E-state index contributed by atoms with van der Waals surface area (Å²) < 4.78 is 0. The second kappa shape index (κ2) is 3.61. The van der Waals surface area contributed by atoms with Crippen LogP contribution < -0.4 is 0 Å². The van der Waals surface area contributed by atoms with E-state index in [1.807, 2.05) is 0 Å². The van der Waals surface area contributed by atoms with Crippen LogP contribution in [0.15, 0.2) is 0 Å². The fourth-order valence-electron chi connectivity index (χ4n) is 1.41. The second-order valence-corrected chi connectivity index (χ2v) is 3.01. The van der Waals surface area contributed by atoms with E-state index < -0.39 is 24.2 Å².